The maximum Gasteiger partial charge on any atom is 0.321 e. The van der Waals surface area contributed by atoms with Crippen LogP contribution >= 0.6 is 0 Å². The number of ether oxygens (including phenoxy) is 2. The number of fused-ring (bicyclic) bond motifs is 1. The highest BCUT2D eigenvalue weighted by Gasteiger charge is 2.14. The molecule has 1 aromatic carbocycles. The molecular formula is C13H18N2O3. The van der Waals surface area contributed by atoms with Gasteiger partial charge in [0.25, 0.3) is 0 Å². The van der Waals surface area contributed by atoms with Crippen LogP contribution in [0.2, 0.25) is 0 Å². The second-order valence-corrected chi connectivity index (χ2v) is 3.96. The van der Waals surface area contributed by atoms with Crippen LogP contribution in [0.4, 0.5) is 10.5 Å². The van der Waals surface area contributed by atoms with E-state index in [1.54, 1.807) is 11.0 Å². The smallest absolute Gasteiger partial charge is 0.321 e. The Morgan fingerprint density at radius 3 is 2.56 bits per heavy atom. The van der Waals surface area contributed by atoms with Crippen molar-refractivity contribution >= 4 is 11.7 Å². The molecule has 1 aliphatic rings. The fourth-order valence-corrected chi connectivity index (χ4v) is 1.83. The zero-order valence-corrected chi connectivity index (χ0v) is 10.7. The number of anilines is 1. The molecule has 1 aromatic rings. The number of urea groups is 1. The van der Waals surface area contributed by atoms with Crippen molar-refractivity contribution in [3.63, 3.8) is 0 Å². The van der Waals surface area contributed by atoms with Crippen LogP contribution in [0.3, 0.4) is 0 Å². The third-order valence-electron chi connectivity index (χ3n) is 2.84. The van der Waals surface area contributed by atoms with E-state index >= 15 is 0 Å². The highest BCUT2D eigenvalue weighted by atomic mass is 16.6. The molecule has 0 saturated carbocycles. The van der Waals surface area contributed by atoms with E-state index in [-0.39, 0.29) is 6.03 Å². The van der Waals surface area contributed by atoms with E-state index in [9.17, 15) is 4.79 Å². The molecule has 0 atom stereocenters. The van der Waals surface area contributed by atoms with Crippen molar-refractivity contribution < 1.29 is 14.3 Å². The summed E-state index contributed by atoms with van der Waals surface area (Å²) in [6, 6.07) is 5.31. The lowest BCUT2D eigenvalue weighted by molar-refractivity contribution is 0.171. The second kappa shape index (κ2) is 5.62. The zero-order valence-electron chi connectivity index (χ0n) is 10.7. The van der Waals surface area contributed by atoms with Crippen LogP contribution in [0.25, 0.3) is 0 Å². The summed E-state index contributed by atoms with van der Waals surface area (Å²) in [5.74, 6) is 1.40. The van der Waals surface area contributed by atoms with Crippen molar-refractivity contribution in [1.82, 2.24) is 4.90 Å². The van der Waals surface area contributed by atoms with Crippen molar-refractivity contribution in [2.75, 3.05) is 31.6 Å². The Labute approximate surface area is 107 Å². The van der Waals surface area contributed by atoms with Gasteiger partial charge in [-0.05, 0) is 26.0 Å². The molecule has 1 heterocycles. The summed E-state index contributed by atoms with van der Waals surface area (Å²) >= 11 is 0. The first-order valence-corrected chi connectivity index (χ1v) is 6.20. The fourth-order valence-electron chi connectivity index (χ4n) is 1.83. The number of hydrogen-bond acceptors (Lipinski definition) is 3. The highest BCUT2D eigenvalue weighted by Crippen LogP contribution is 2.32. The van der Waals surface area contributed by atoms with Gasteiger partial charge >= 0.3 is 6.03 Å². The zero-order chi connectivity index (χ0) is 13.0. The van der Waals surface area contributed by atoms with E-state index in [1.807, 2.05) is 26.0 Å². The topological polar surface area (TPSA) is 50.8 Å². The van der Waals surface area contributed by atoms with Gasteiger partial charge in [-0.25, -0.2) is 4.79 Å². The molecule has 0 saturated heterocycles. The van der Waals surface area contributed by atoms with E-state index in [0.29, 0.717) is 32.1 Å². The molecule has 2 amide bonds. The molecule has 18 heavy (non-hydrogen) atoms. The predicted octanol–water partition coefficient (Wildman–Crippen LogP) is 2.33. The molecule has 0 spiro atoms. The number of carbonyl (C=O) groups is 1. The molecule has 0 unspecified atom stereocenters. The van der Waals surface area contributed by atoms with Crippen molar-refractivity contribution in [1.29, 1.82) is 0 Å². The van der Waals surface area contributed by atoms with Gasteiger partial charge in [0.2, 0.25) is 0 Å². The largest absolute Gasteiger partial charge is 0.486 e. The summed E-state index contributed by atoms with van der Waals surface area (Å²) in [4.78, 5) is 13.6. The maximum absolute atomic E-state index is 11.9. The molecule has 5 heteroatoms. The lowest BCUT2D eigenvalue weighted by Gasteiger charge is -2.21. The molecule has 1 N–H and O–H groups in total. The van der Waals surface area contributed by atoms with E-state index in [0.717, 1.165) is 11.4 Å². The Bertz CT molecular complexity index is 430. The molecule has 1 aliphatic heterocycles. The van der Waals surface area contributed by atoms with Gasteiger partial charge in [-0.15, -0.1) is 0 Å². The van der Waals surface area contributed by atoms with E-state index in [4.69, 9.17) is 9.47 Å². The minimum Gasteiger partial charge on any atom is -0.486 e. The number of amides is 2. The van der Waals surface area contributed by atoms with E-state index < -0.39 is 0 Å². The third kappa shape index (κ3) is 2.67. The number of nitrogens with zero attached hydrogens (tertiary/aromatic N) is 1. The van der Waals surface area contributed by atoms with Crippen molar-refractivity contribution in [2.24, 2.45) is 0 Å². The third-order valence-corrected chi connectivity index (χ3v) is 2.84. The Kier molecular flexibility index (Phi) is 3.92. The highest BCUT2D eigenvalue weighted by molar-refractivity contribution is 5.89. The predicted molar refractivity (Wildman–Crippen MR) is 69.4 cm³/mol. The van der Waals surface area contributed by atoms with Crippen molar-refractivity contribution in [2.45, 2.75) is 13.8 Å². The summed E-state index contributed by atoms with van der Waals surface area (Å²) < 4.78 is 10.9. The van der Waals surface area contributed by atoms with Gasteiger partial charge in [0, 0.05) is 24.8 Å². The molecule has 0 radical (unpaired) electrons. The van der Waals surface area contributed by atoms with Gasteiger partial charge in [-0.2, -0.15) is 0 Å². The van der Waals surface area contributed by atoms with Crippen LogP contribution in [-0.4, -0.2) is 37.2 Å². The van der Waals surface area contributed by atoms with Gasteiger partial charge in [-0.1, -0.05) is 0 Å². The van der Waals surface area contributed by atoms with Gasteiger partial charge in [-0.3, -0.25) is 0 Å². The van der Waals surface area contributed by atoms with Crippen LogP contribution in [0.1, 0.15) is 13.8 Å². The van der Waals surface area contributed by atoms with Crippen LogP contribution in [0.5, 0.6) is 11.5 Å². The molecular weight excluding hydrogens is 232 g/mol. The lowest BCUT2D eigenvalue weighted by atomic mass is 10.2. The summed E-state index contributed by atoms with van der Waals surface area (Å²) in [6.07, 6.45) is 0. The standard InChI is InChI=1S/C13H18N2O3/c1-3-15(4-2)13(16)14-10-5-6-11-12(9-10)18-8-7-17-11/h5-6,9H,3-4,7-8H2,1-2H3,(H,14,16). The Morgan fingerprint density at radius 1 is 1.22 bits per heavy atom. The normalized spacial score (nSPS) is 13.0. The average molecular weight is 250 g/mol. The number of rotatable bonds is 3. The van der Waals surface area contributed by atoms with Crippen molar-refractivity contribution in [3.05, 3.63) is 18.2 Å². The number of hydrogen-bond donors (Lipinski definition) is 1. The molecule has 2 rings (SSSR count). The minimum absolute atomic E-state index is 0.100. The molecule has 0 aromatic heterocycles. The first-order valence-electron chi connectivity index (χ1n) is 6.20. The summed E-state index contributed by atoms with van der Waals surface area (Å²) in [5, 5.41) is 2.85. The van der Waals surface area contributed by atoms with Crippen LogP contribution < -0.4 is 14.8 Å². The summed E-state index contributed by atoms with van der Waals surface area (Å²) in [6.45, 7) is 6.39. The second-order valence-electron chi connectivity index (χ2n) is 3.96. The summed E-state index contributed by atoms with van der Waals surface area (Å²) in [7, 11) is 0. The quantitative estimate of drug-likeness (QED) is 0.895. The minimum atomic E-state index is -0.100. The summed E-state index contributed by atoms with van der Waals surface area (Å²) in [5.41, 5.74) is 0.719. The monoisotopic (exact) mass is 250 g/mol. The Morgan fingerprint density at radius 2 is 1.89 bits per heavy atom. The van der Waals surface area contributed by atoms with Gasteiger partial charge in [0.05, 0.1) is 0 Å². The molecule has 0 aliphatic carbocycles. The Balaban J connectivity index is 2.08. The first kappa shape index (κ1) is 12.5. The lowest BCUT2D eigenvalue weighted by Crippen LogP contribution is -2.34. The molecule has 0 fully saturated rings. The molecule has 98 valence electrons. The number of nitrogens with one attached hydrogen (secondary N) is 1. The van der Waals surface area contributed by atoms with E-state index in [2.05, 4.69) is 5.32 Å². The SMILES string of the molecule is CCN(CC)C(=O)Nc1ccc2c(c1)OCCO2. The molecule has 0 bridgehead atoms. The van der Waals surface area contributed by atoms with Gasteiger partial charge in [0.1, 0.15) is 13.2 Å². The number of carbonyl (C=O) groups excluding carboxylic acids is 1. The maximum atomic E-state index is 11.9. The van der Waals surface area contributed by atoms with Crippen LogP contribution in [0.15, 0.2) is 18.2 Å². The van der Waals surface area contributed by atoms with Crippen LogP contribution in [-0.2, 0) is 0 Å². The molecule has 5 nitrogen and oxygen atoms in total. The van der Waals surface area contributed by atoms with Crippen molar-refractivity contribution in [3.8, 4) is 11.5 Å². The fraction of sp³-hybridized carbons (Fsp3) is 0.462. The number of benzene rings is 1. The Hall–Kier alpha value is -1.91. The van der Waals surface area contributed by atoms with Crippen LogP contribution in [0, 0.1) is 0 Å². The average Bonchev–Trinajstić information content (AvgIpc) is 2.40. The van der Waals surface area contributed by atoms with Gasteiger partial charge in [0.15, 0.2) is 11.5 Å². The van der Waals surface area contributed by atoms with Gasteiger partial charge < -0.3 is 19.7 Å². The van der Waals surface area contributed by atoms with E-state index in [1.165, 1.54) is 0 Å². The first-order chi connectivity index (χ1) is 8.74.